The molecule has 1 aromatic carbocycles. The molecule has 0 amide bonds. The molecule has 4 rings (SSSR count). The minimum Gasteiger partial charge on any atom is -0.473 e. The van der Waals surface area contributed by atoms with Crippen LogP contribution in [-0.4, -0.2) is 42.1 Å². The highest BCUT2D eigenvalue weighted by molar-refractivity contribution is 7.91. The monoisotopic (exact) mass is 403 g/mol. The number of rotatable bonds is 5. The SMILES string of the molecule is CCc1ccc(S(=O)(=O)N2CCC(Oc3nncc4ccccc34)CC2)s1. The average Bonchev–Trinajstić information content (AvgIpc) is 3.19. The molecule has 1 saturated heterocycles. The smallest absolute Gasteiger partial charge is 0.252 e. The van der Waals surface area contributed by atoms with Gasteiger partial charge in [-0.05, 0) is 37.5 Å². The summed E-state index contributed by atoms with van der Waals surface area (Å²) < 4.78 is 33.7. The minimum absolute atomic E-state index is 0.0638. The summed E-state index contributed by atoms with van der Waals surface area (Å²) in [5.41, 5.74) is 0. The van der Waals surface area contributed by atoms with Gasteiger partial charge in [-0.1, -0.05) is 25.1 Å². The number of hydrogen-bond acceptors (Lipinski definition) is 6. The third-order valence-corrected chi connectivity index (χ3v) is 8.39. The molecule has 0 unspecified atom stereocenters. The highest BCUT2D eigenvalue weighted by Gasteiger charge is 2.31. The van der Waals surface area contributed by atoms with Gasteiger partial charge in [0.25, 0.3) is 10.0 Å². The molecule has 1 aliphatic rings. The Kier molecular flexibility index (Phi) is 5.12. The zero-order chi connectivity index (χ0) is 18.9. The van der Waals surface area contributed by atoms with Gasteiger partial charge in [0.2, 0.25) is 5.88 Å². The lowest BCUT2D eigenvalue weighted by molar-refractivity contribution is 0.130. The van der Waals surface area contributed by atoms with E-state index in [1.807, 2.05) is 37.3 Å². The average molecular weight is 404 g/mol. The summed E-state index contributed by atoms with van der Waals surface area (Å²) in [7, 11) is -3.41. The van der Waals surface area contributed by atoms with Crippen LogP contribution in [0.2, 0.25) is 0 Å². The Bertz CT molecular complexity index is 1040. The highest BCUT2D eigenvalue weighted by atomic mass is 32.2. The van der Waals surface area contributed by atoms with Crippen LogP contribution >= 0.6 is 11.3 Å². The Morgan fingerprint density at radius 3 is 2.70 bits per heavy atom. The number of piperidine rings is 1. The van der Waals surface area contributed by atoms with Crippen molar-refractivity contribution in [3.63, 3.8) is 0 Å². The van der Waals surface area contributed by atoms with Crippen molar-refractivity contribution in [3.05, 3.63) is 47.5 Å². The number of aryl methyl sites for hydroxylation is 1. The van der Waals surface area contributed by atoms with E-state index in [1.165, 1.54) is 11.3 Å². The van der Waals surface area contributed by atoms with Gasteiger partial charge in [0.1, 0.15) is 10.3 Å². The third-order valence-electron chi connectivity index (χ3n) is 4.80. The van der Waals surface area contributed by atoms with Crippen molar-refractivity contribution in [2.75, 3.05) is 13.1 Å². The summed E-state index contributed by atoms with van der Waals surface area (Å²) in [6, 6.07) is 11.4. The predicted molar refractivity (Wildman–Crippen MR) is 106 cm³/mol. The summed E-state index contributed by atoms with van der Waals surface area (Å²) in [6.07, 6.45) is 3.77. The minimum atomic E-state index is -3.41. The Hall–Kier alpha value is -2.03. The van der Waals surface area contributed by atoms with Crippen molar-refractivity contribution < 1.29 is 13.2 Å². The normalized spacial score (nSPS) is 16.6. The van der Waals surface area contributed by atoms with Crippen molar-refractivity contribution in [3.8, 4) is 5.88 Å². The van der Waals surface area contributed by atoms with Crippen LogP contribution in [0.25, 0.3) is 10.8 Å². The van der Waals surface area contributed by atoms with E-state index in [4.69, 9.17) is 4.74 Å². The van der Waals surface area contributed by atoms with Crippen LogP contribution in [0, 0.1) is 0 Å². The standard InChI is InChI=1S/C19H21N3O3S2/c1-2-16-7-8-18(26-16)27(23,24)22-11-9-15(10-12-22)25-19-17-6-4-3-5-14(17)13-20-21-19/h3-8,13,15H,2,9-12H2,1H3. The molecule has 142 valence electrons. The number of benzene rings is 1. The number of fused-ring (bicyclic) bond motifs is 1. The van der Waals surface area contributed by atoms with Crippen LogP contribution < -0.4 is 4.74 Å². The molecule has 8 heteroatoms. The van der Waals surface area contributed by atoms with Crippen LogP contribution in [0.3, 0.4) is 0 Å². The quantitative estimate of drug-likeness (QED) is 0.652. The predicted octanol–water partition coefficient (Wildman–Crippen LogP) is 3.49. The maximum absolute atomic E-state index is 12.8. The number of hydrogen-bond donors (Lipinski definition) is 0. The molecule has 0 bridgehead atoms. The fraction of sp³-hybridized carbons (Fsp3) is 0.368. The molecule has 2 aromatic heterocycles. The first kappa shape index (κ1) is 18.3. The van der Waals surface area contributed by atoms with E-state index in [0.29, 0.717) is 36.0 Å². The molecule has 3 aromatic rings. The zero-order valence-corrected chi connectivity index (χ0v) is 16.7. The fourth-order valence-corrected chi connectivity index (χ4v) is 6.17. The van der Waals surface area contributed by atoms with Crippen molar-refractivity contribution in [1.82, 2.24) is 14.5 Å². The molecule has 0 spiro atoms. The van der Waals surface area contributed by atoms with E-state index in [1.54, 1.807) is 16.6 Å². The van der Waals surface area contributed by atoms with Gasteiger partial charge in [-0.2, -0.15) is 9.40 Å². The lowest BCUT2D eigenvalue weighted by atomic mass is 10.1. The maximum atomic E-state index is 12.8. The molecule has 0 aliphatic carbocycles. The summed E-state index contributed by atoms with van der Waals surface area (Å²) in [6.45, 7) is 2.93. The summed E-state index contributed by atoms with van der Waals surface area (Å²) in [5, 5.41) is 10.0. The van der Waals surface area contributed by atoms with Crippen LogP contribution in [0.5, 0.6) is 5.88 Å². The molecular weight excluding hydrogens is 382 g/mol. The second-order valence-electron chi connectivity index (χ2n) is 6.53. The summed E-state index contributed by atoms with van der Waals surface area (Å²) in [4.78, 5) is 1.08. The van der Waals surface area contributed by atoms with Gasteiger partial charge < -0.3 is 4.74 Å². The largest absolute Gasteiger partial charge is 0.473 e. The highest BCUT2D eigenvalue weighted by Crippen LogP contribution is 2.29. The van der Waals surface area contributed by atoms with Gasteiger partial charge in [-0.15, -0.1) is 16.4 Å². The molecule has 3 heterocycles. The summed E-state index contributed by atoms with van der Waals surface area (Å²) in [5.74, 6) is 0.514. The van der Waals surface area contributed by atoms with Crippen molar-refractivity contribution in [2.45, 2.75) is 36.5 Å². The van der Waals surface area contributed by atoms with Crippen LogP contribution in [0.1, 0.15) is 24.6 Å². The van der Waals surface area contributed by atoms with Gasteiger partial charge in [-0.3, -0.25) is 0 Å². The number of ether oxygens (including phenoxy) is 1. The maximum Gasteiger partial charge on any atom is 0.252 e. The van der Waals surface area contributed by atoms with Gasteiger partial charge in [0.05, 0.1) is 6.20 Å². The van der Waals surface area contributed by atoms with E-state index in [-0.39, 0.29) is 6.10 Å². The Morgan fingerprint density at radius 1 is 1.19 bits per heavy atom. The van der Waals surface area contributed by atoms with E-state index in [2.05, 4.69) is 10.2 Å². The van der Waals surface area contributed by atoms with Crippen molar-refractivity contribution in [2.24, 2.45) is 0 Å². The van der Waals surface area contributed by atoms with Gasteiger partial charge in [0, 0.05) is 28.7 Å². The zero-order valence-electron chi connectivity index (χ0n) is 15.0. The molecule has 27 heavy (non-hydrogen) atoms. The van der Waals surface area contributed by atoms with Crippen LogP contribution in [-0.2, 0) is 16.4 Å². The van der Waals surface area contributed by atoms with Gasteiger partial charge in [0.15, 0.2) is 0 Å². The second-order valence-corrected chi connectivity index (χ2v) is 9.87. The fourth-order valence-electron chi connectivity index (χ4n) is 3.25. The molecule has 1 fully saturated rings. The van der Waals surface area contributed by atoms with Gasteiger partial charge >= 0.3 is 0 Å². The Morgan fingerprint density at radius 2 is 1.96 bits per heavy atom. The molecule has 0 saturated carbocycles. The lowest BCUT2D eigenvalue weighted by Crippen LogP contribution is -2.41. The first-order valence-electron chi connectivity index (χ1n) is 9.04. The molecule has 0 radical (unpaired) electrons. The van der Waals surface area contributed by atoms with Crippen molar-refractivity contribution in [1.29, 1.82) is 0 Å². The molecule has 6 nitrogen and oxygen atoms in total. The van der Waals surface area contributed by atoms with E-state index < -0.39 is 10.0 Å². The Balaban J connectivity index is 1.44. The van der Waals surface area contributed by atoms with Gasteiger partial charge in [-0.25, -0.2) is 8.42 Å². The van der Waals surface area contributed by atoms with E-state index >= 15 is 0 Å². The lowest BCUT2D eigenvalue weighted by Gasteiger charge is -2.30. The van der Waals surface area contributed by atoms with Crippen LogP contribution in [0.15, 0.2) is 46.8 Å². The van der Waals surface area contributed by atoms with Crippen LogP contribution in [0.4, 0.5) is 0 Å². The number of aromatic nitrogens is 2. The number of thiophene rings is 1. The summed E-state index contributed by atoms with van der Waals surface area (Å²) >= 11 is 1.36. The first-order chi connectivity index (χ1) is 13.1. The van der Waals surface area contributed by atoms with E-state index in [0.717, 1.165) is 22.1 Å². The second kappa shape index (κ2) is 7.53. The first-order valence-corrected chi connectivity index (χ1v) is 11.3. The molecule has 0 atom stereocenters. The Labute approximate surface area is 162 Å². The topological polar surface area (TPSA) is 72.4 Å². The number of nitrogens with zero attached hydrogens (tertiary/aromatic N) is 3. The third kappa shape index (κ3) is 3.69. The van der Waals surface area contributed by atoms with E-state index in [9.17, 15) is 8.42 Å². The van der Waals surface area contributed by atoms with Crippen molar-refractivity contribution >= 4 is 32.1 Å². The molecule has 0 N–H and O–H groups in total. The number of sulfonamides is 1. The molecular formula is C19H21N3O3S2. The molecule has 1 aliphatic heterocycles.